The summed E-state index contributed by atoms with van der Waals surface area (Å²) in [6, 6.07) is 12.4. The largest absolute Gasteiger partial charge is 0.348 e. The number of rotatable bonds is 7. The first-order valence-corrected chi connectivity index (χ1v) is 10.8. The summed E-state index contributed by atoms with van der Waals surface area (Å²) in [5, 5.41) is 6.00. The van der Waals surface area contributed by atoms with Crippen LogP contribution in [-0.2, 0) is 22.4 Å². The number of benzene rings is 2. The highest BCUT2D eigenvalue weighted by Gasteiger charge is 2.16. The number of nitrogens with one attached hydrogen (secondary N) is 2. The van der Waals surface area contributed by atoms with Gasteiger partial charge < -0.3 is 10.6 Å². The molecule has 0 saturated heterocycles. The number of likely N-dealkylation sites (N-methyl/N-ethyl adjacent to an activating group) is 1. The van der Waals surface area contributed by atoms with Crippen molar-refractivity contribution in [2.45, 2.75) is 52.5 Å². The molecule has 1 unspecified atom stereocenters. The Labute approximate surface area is 179 Å². The SMILES string of the molecule is Cc1cccc(NC(=O)CN(C)CC(=O)NC(C)c2ccc3c(c2)CCCC3)c1C. The molecule has 0 aromatic heterocycles. The van der Waals surface area contributed by atoms with E-state index < -0.39 is 0 Å². The first kappa shape index (κ1) is 22.0. The summed E-state index contributed by atoms with van der Waals surface area (Å²) in [4.78, 5) is 26.6. The summed E-state index contributed by atoms with van der Waals surface area (Å²) < 4.78 is 0. The second-order valence-electron chi connectivity index (χ2n) is 8.49. The Hall–Kier alpha value is -2.66. The van der Waals surface area contributed by atoms with Crippen LogP contribution in [0.1, 0.15) is 53.6 Å². The van der Waals surface area contributed by atoms with E-state index in [0.717, 1.165) is 35.2 Å². The molecule has 160 valence electrons. The van der Waals surface area contributed by atoms with Crippen LogP contribution in [0.3, 0.4) is 0 Å². The number of hydrogen-bond acceptors (Lipinski definition) is 3. The van der Waals surface area contributed by atoms with E-state index in [4.69, 9.17) is 0 Å². The van der Waals surface area contributed by atoms with Gasteiger partial charge in [-0.2, -0.15) is 0 Å². The molecule has 1 atom stereocenters. The summed E-state index contributed by atoms with van der Waals surface area (Å²) >= 11 is 0. The van der Waals surface area contributed by atoms with Crippen molar-refractivity contribution in [2.24, 2.45) is 0 Å². The van der Waals surface area contributed by atoms with Crippen LogP contribution in [-0.4, -0.2) is 36.9 Å². The van der Waals surface area contributed by atoms with Crippen molar-refractivity contribution in [2.75, 3.05) is 25.5 Å². The monoisotopic (exact) mass is 407 g/mol. The van der Waals surface area contributed by atoms with Crippen LogP contribution in [0.2, 0.25) is 0 Å². The first-order chi connectivity index (χ1) is 14.3. The quantitative estimate of drug-likeness (QED) is 0.731. The van der Waals surface area contributed by atoms with Crippen LogP contribution in [0.4, 0.5) is 5.69 Å². The lowest BCUT2D eigenvalue weighted by atomic mass is 9.89. The summed E-state index contributed by atoms with van der Waals surface area (Å²) in [5.74, 6) is -0.205. The van der Waals surface area contributed by atoms with Gasteiger partial charge in [-0.15, -0.1) is 0 Å². The lowest BCUT2D eigenvalue weighted by Crippen LogP contribution is -2.39. The molecule has 2 aromatic carbocycles. The molecular weight excluding hydrogens is 374 g/mol. The van der Waals surface area contributed by atoms with Gasteiger partial charge in [0.2, 0.25) is 11.8 Å². The van der Waals surface area contributed by atoms with E-state index in [1.54, 1.807) is 11.9 Å². The maximum atomic E-state index is 12.5. The van der Waals surface area contributed by atoms with E-state index >= 15 is 0 Å². The molecule has 0 fully saturated rings. The fraction of sp³-hybridized carbons (Fsp3) is 0.440. The lowest BCUT2D eigenvalue weighted by Gasteiger charge is -2.21. The normalized spacial score (nSPS) is 14.2. The smallest absolute Gasteiger partial charge is 0.238 e. The molecule has 3 rings (SSSR count). The Morgan fingerprint density at radius 2 is 1.70 bits per heavy atom. The molecule has 0 saturated carbocycles. The summed E-state index contributed by atoms with van der Waals surface area (Å²) in [6.45, 7) is 6.36. The maximum Gasteiger partial charge on any atom is 0.238 e. The molecule has 1 aliphatic rings. The molecule has 0 spiro atoms. The van der Waals surface area contributed by atoms with Crippen molar-refractivity contribution in [1.82, 2.24) is 10.2 Å². The maximum absolute atomic E-state index is 12.5. The number of hydrogen-bond donors (Lipinski definition) is 2. The van der Waals surface area contributed by atoms with Gasteiger partial charge in [0.05, 0.1) is 19.1 Å². The van der Waals surface area contributed by atoms with E-state index in [1.807, 2.05) is 39.0 Å². The minimum absolute atomic E-state index is 0.0538. The Kier molecular flexibility index (Phi) is 7.27. The molecule has 0 heterocycles. The lowest BCUT2D eigenvalue weighted by molar-refractivity contribution is -0.123. The van der Waals surface area contributed by atoms with Crippen LogP contribution in [0, 0.1) is 13.8 Å². The van der Waals surface area contributed by atoms with Gasteiger partial charge in [-0.25, -0.2) is 0 Å². The van der Waals surface area contributed by atoms with Gasteiger partial charge in [0, 0.05) is 5.69 Å². The van der Waals surface area contributed by atoms with E-state index in [0.29, 0.717) is 0 Å². The van der Waals surface area contributed by atoms with Crippen LogP contribution in [0.15, 0.2) is 36.4 Å². The third kappa shape index (κ3) is 5.70. The molecule has 1 aliphatic carbocycles. The summed E-state index contributed by atoms with van der Waals surface area (Å²) in [5.41, 5.74) is 7.01. The van der Waals surface area contributed by atoms with Crippen molar-refractivity contribution < 1.29 is 9.59 Å². The van der Waals surface area contributed by atoms with Crippen LogP contribution < -0.4 is 10.6 Å². The average Bonchev–Trinajstić information content (AvgIpc) is 2.70. The molecule has 0 radical (unpaired) electrons. The molecule has 0 bridgehead atoms. The van der Waals surface area contributed by atoms with Gasteiger partial charge in [0.15, 0.2) is 0 Å². The third-order valence-electron chi connectivity index (χ3n) is 5.96. The molecule has 30 heavy (non-hydrogen) atoms. The molecule has 5 heteroatoms. The molecule has 0 aliphatic heterocycles. The topological polar surface area (TPSA) is 61.4 Å². The van der Waals surface area contributed by atoms with Crippen molar-refractivity contribution in [3.05, 3.63) is 64.2 Å². The van der Waals surface area contributed by atoms with Crippen molar-refractivity contribution in [3.8, 4) is 0 Å². The van der Waals surface area contributed by atoms with Crippen molar-refractivity contribution in [1.29, 1.82) is 0 Å². The number of carbonyl (C=O) groups is 2. The molecule has 2 aromatic rings. The van der Waals surface area contributed by atoms with Crippen molar-refractivity contribution in [3.63, 3.8) is 0 Å². The molecular formula is C25H33N3O2. The second kappa shape index (κ2) is 9.90. The number of amides is 2. The highest BCUT2D eigenvalue weighted by atomic mass is 16.2. The number of carbonyl (C=O) groups excluding carboxylic acids is 2. The zero-order valence-electron chi connectivity index (χ0n) is 18.5. The zero-order chi connectivity index (χ0) is 21.7. The first-order valence-electron chi connectivity index (χ1n) is 10.8. The second-order valence-corrected chi connectivity index (χ2v) is 8.49. The predicted molar refractivity (Wildman–Crippen MR) is 122 cm³/mol. The standard InChI is InChI=1S/C25H33N3O2/c1-17-8-7-11-23(18(17)2)27-25(30)16-28(4)15-24(29)26-19(3)21-13-12-20-9-5-6-10-22(20)14-21/h7-8,11-14,19H,5-6,9-10,15-16H2,1-4H3,(H,26,29)(H,27,30). The fourth-order valence-corrected chi connectivity index (χ4v) is 4.02. The average molecular weight is 408 g/mol. The Morgan fingerprint density at radius 3 is 2.47 bits per heavy atom. The minimum Gasteiger partial charge on any atom is -0.348 e. The van der Waals surface area contributed by atoms with Gasteiger partial charge in [0.25, 0.3) is 0 Å². The van der Waals surface area contributed by atoms with E-state index in [2.05, 4.69) is 28.8 Å². The Morgan fingerprint density at radius 1 is 1.00 bits per heavy atom. The molecule has 2 amide bonds. The van der Waals surface area contributed by atoms with Crippen LogP contribution in [0.25, 0.3) is 0 Å². The number of nitrogens with zero attached hydrogens (tertiary/aromatic N) is 1. The van der Waals surface area contributed by atoms with E-state index in [1.165, 1.54) is 24.0 Å². The summed E-state index contributed by atoms with van der Waals surface area (Å²) in [6.07, 6.45) is 4.79. The zero-order valence-corrected chi connectivity index (χ0v) is 18.5. The van der Waals surface area contributed by atoms with Gasteiger partial charge >= 0.3 is 0 Å². The number of aryl methyl sites for hydroxylation is 3. The van der Waals surface area contributed by atoms with Gasteiger partial charge in [-0.1, -0.05) is 30.3 Å². The van der Waals surface area contributed by atoms with Crippen LogP contribution >= 0.6 is 0 Å². The Balaban J connectivity index is 1.49. The molecule has 5 nitrogen and oxygen atoms in total. The van der Waals surface area contributed by atoms with Gasteiger partial charge in [0.1, 0.15) is 0 Å². The highest BCUT2D eigenvalue weighted by molar-refractivity contribution is 5.93. The Bertz CT molecular complexity index is 923. The number of anilines is 1. The predicted octanol–water partition coefficient (Wildman–Crippen LogP) is 3.93. The van der Waals surface area contributed by atoms with E-state index in [-0.39, 0.29) is 30.9 Å². The van der Waals surface area contributed by atoms with Gasteiger partial charge in [-0.05, 0) is 87.4 Å². The summed E-state index contributed by atoms with van der Waals surface area (Å²) in [7, 11) is 1.78. The molecule has 2 N–H and O–H groups in total. The van der Waals surface area contributed by atoms with Crippen molar-refractivity contribution >= 4 is 17.5 Å². The van der Waals surface area contributed by atoms with Crippen LogP contribution in [0.5, 0.6) is 0 Å². The van der Waals surface area contributed by atoms with E-state index in [9.17, 15) is 9.59 Å². The van der Waals surface area contributed by atoms with Gasteiger partial charge in [-0.3, -0.25) is 14.5 Å². The highest BCUT2D eigenvalue weighted by Crippen LogP contribution is 2.24. The fourth-order valence-electron chi connectivity index (χ4n) is 4.02. The minimum atomic E-state index is -0.123. The third-order valence-corrected chi connectivity index (χ3v) is 5.96. The number of fused-ring (bicyclic) bond motifs is 1.